The van der Waals surface area contributed by atoms with Crippen LogP contribution in [0.4, 0.5) is 0 Å². The minimum atomic E-state index is -0.547. The molecule has 1 aliphatic carbocycles. The number of rotatable bonds is 4. The largest absolute Gasteiger partial charge is 0.352 e. The molecule has 1 saturated heterocycles. The van der Waals surface area contributed by atoms with Crippen molar-refractivity contribution < 1.29 is 14.4 Å². The molecule has 1 unspecified atom stereocenters. The Balaban J connectivity index is 1.71. The van der Waals surface area contributed by atoms with Crippen molar-refractivity contribution in [3.8, 4) is 0 Å². The second kappa shape index (κ2) is 6.14. The molecule has 1 aliphatic heterocycles. The van der Waals surface area contributed by atoms with E-state index in [2.05, 4.69) is 10.6 Å². The average Bonchev–Trinajstić information content (AvgIpc) is 2.65. The van der Waals surface area contributed by atoms with Crippen LogP contribution in [0.1, 0.15) is 38.5 Å². The van der Waals surface area contributed by atoms with Crippen molar-refractivity contribution in [3.63, 3.8) is 0 Å². The predicted octanol–water partition coefficient (Wildman–Crippen LogP) is -0.218. The van der Waals surface area contributed by atoms with Crippen molar-refractivity contribution >= 4 is 17.7 Å². The molecule has 6 nitrogen and oxygen atoms in total. The lowest BCUT2D eigenvalue weighted by Gasteiger charge is -2.23. The summed E-state index contributed by atoms with van der Waals surface area (Å²) in [5.41, 5.74) is 0. The highest BCUT2D eigenvalue weighted by molar-refractivity contribution is 6.05. The van der Waals surface area contributed by atoms with Gasteiger partial charge >= 0.3 is 0 Å². The van der Waals surface area contributed by atoms with Crippen LogP contribution < -0.4 is 10.6 Å². The molecule has 0 radical (unpaired) electrons. The van der Waals surface area contributed by atoms with Crippen LogP contribution in [-0.4, -0.2) is 48.3 Å². The van der Waals surface area contributed by atoms with E-state index >= 15 is 0 Å². The summed E-state index contributed by atoms with van der Waals surface area (Å²) < 4.78 is 0. The van der Waals surface area contributed by atoms with Gasteiger partial charge in [0, 0.05) is 13.1 Å². The molecule has 19 heavy (non-hydrogen) atoms. The van der Waals surface area contributed by atoms with Gasteiger partial charge in [-0.25, -0.2) is 0 Å². The van der Waals surface area contributed by atoms with E-state index in [0.29, 0.717) is 0 Å². The lowest BCUT2D eigenvalue weighted by molar-refractivity contribution is -0.137. The van der Waals surface area contributed by atoms with Crippen LogP contribution in [0.2, 0.25) is 0 Å². The Kier molecular flexibility index (Phi) is 4.52. The normalized spacial score (nSPS) is 24.9. The standard InChI is InChI=1S/C13H21N3O3/c1-16-12(18)7-10(13(16)19)14-8-11(17)15-9-5-3-2-4-6-9/h9-10,14H,2-8H2,1H3,(H,15,17). The maximum absolute atomic E-state index is 11.8. The van der Waals surface area contributed by atoms with Gasteiger partial charge < -0.3 is 5.32 Å². The molecule has 0 aromatic carbocycles. The van der Waals surface area contributed by atoms with E-state index in [9.17, 15) is 14.4 Å². The number of hydrogen-bond donors (Lipinski definition) is 2. The molecule has 6 heteroatoms. The number of imide groups is 1. The first-order valence-electron chi connectivity index (χ1n) is 6.91. The summed E-state index contributed by atoms with van der Waals surface area (Å²) in [5, 5.41) is 5.83. The zero-order valence-electron chi connectivity index (χ0n) is 11.3. The van der Waals surface area contributed by atoms with E-state index in [4.69, 9.17) is 0 Å². The van der Waals surface area contributed by atoms with Crippen molar-refractivity contribution in [2.75, 3.05) is 13.6 Å². The van der Waals surface area contributed by atoms with E-state index in [1.54, 1.807) is 0 Å². The first-order chi connectivity index (χ1) is 9.08. The Hall–Kier alpha value is -1.43. The van der Waals surface area contributed by atoms with E-state index in [1.165, 1.54) is 26.3 Å². The van der Waals surface area contributed by atoms with Crippen molar-refractivity contribution in [2.45, 2.75) is 50.6 Å². The van der Waals surface area contributed by atoms with Crippen LogP contribution >= 0.6 is 0 Å². The van der Waals surface area contributed by atoms with Gasteiger partial charge in [0.05, 0.1) is 19.0 Å². The summed E-state index contributed by atoms with van der Waals surface area (Å²) in [4.78, 5) is 35.8. The number of carbonyl (C=O) groups excluding carboxylic acids is 3. The maximum Gasteiger partial charge on any atom is 0.246 e. The maximum atomic E-state index is 11.8. The van der Waals surface area contributed by atoms with Crippen LogP contribution in [-0.2, 0) is 14.4 Å². The molecule has 3 amide bonds. The number of hydrogen-bond acceptors (Lipinski definition) is 4. The Morgan fingerprint density at radius 2 is 1.95 bits per heavy atom. The smallest absolute Gasteiger partial charge is 0.246 e. The van der Waals surface area contributed by atoms with E-state index in [0.717, 1.165) is 17.7 Å². The van der Waals surface area contributed by atoms with Crippen LogP contribution in [0.3, 0.4) is 0 Å². The predicted molar refractivity (Wildman–Crippen MR) is 69.2 cm³/mol. The lowest BCUT2D eigenvalue weighted by Crippen LogP contribution is -2.45. The summed E-state index contributed by atoms with van der Waals surface area (Å²) >= 11 is 0. The van der Waals surface area contributed by atoms with Crippen LogP contribution in [0.25, 0.3) is 0 Å². The fourth-order valence-electron chi connectivity index (χ4n) is 2.66. The fraction of sp³-hybridized carbons (Fsp3) is 0.769. The number of amides is 3. The van der Waals surface area contributed by atoms with Crippen LogP contribution in [0.15, 0.2) is 0 Å². The number of nitrogens with one attached hydrogen (secondary N) is 2. The summed E-state index contributed by atoms with van der Waals surface area (Å²) in [6, 6.07) is -0.277. The number of nitrogens with zero attached hydrogens (tertiary/aromatic N) is 1. The molecule has 0 spiro atoms. The summed E-state index contributed by atoms with van der Waals surface area (Å²) in [6.45, 7) is 0.0913. The van der Waals surface area contributed by atoms with Gasteiger partial charge in [0.1, 0.15) is 0 Å². The average molecular weight is 267 g/mol. The van der Waals surface area contributed by atoms with Gasteiger partial charge in [0.15, 0.2) is 0 Å². The van der Waals surface area contributed by atoms with E-state index < -0.39 is 6.04 Å². The molecule has 1 heterocycles. The third-order valence-corrected chi connectivity index (χ3v) is 3.86. The molecular weight excluding hydrogens is 246 g/mol. The zero-order valence-corrected chi connectivity index (χ0v) is 11.3. The Morgan fingerprint density at radius 3 is 2.53 bits per heavy atom. The van der Waals surface area contributed by atoms with Crippen molar-refractivity contribution in [3.05, 3.63) is 0 Å². The first-order valence-corrected chi connectivity index (χ1v) is 6.91. The Morgan fingerprint density at radius 1 is 1.26 bits per heavy atom. The molecule has 1 saturated carbocycles. The zero-order chi connectivity index (χ0) is 13.8. The van der Waals surface area contributed by atoms with Crippen molar-refractivity contribution in [1.29, 1.82) is 0 Å². The van der Waals surface area contributed by atoms with Gasteiger partial charge in [-0.05, 0) is 12.8 Å². The molecule has 2 fully saturated rings. The SMILES string of the molecule is CN1C(=O)CC(NCC(=O)NC2CCCCC2)C1=O. The fourth-order valence-corrected chi connectivity index (χ4v) is 2.66. The van der Waals surface area contributed by atoms with Gasteiger partial charge in [-0.15, -0.1) is 0 Å². The van der Waals surface area contributed by atoms with Crippen molar-refractivity contribution in [1.82, 2.24) is 15.5 Å². The summed E-state index contributed by atoms with van der Waals surface area (Å²) in [5.74, 6) is -0.549. The topological polar surface area (TPSA) is 78.5 Å². The molecule has 0 bridgehead atoms. The van der Waals surface area contributed by atoms with Gasteiger partial charge in [0.25, 0.3) is 0 Å². The van der Waals surface area contributed by atoms with Crippen LogP contribution in [0.5, 0.6) is 0 Å². The Labute approximate surface area is 112 Å². The van der Waals surface area contributed by atoms with E-state index in [1.807, 2.05) is 0 Å². The molecule has 2 rings (SSSR count). The number of likely N-dealkylation sites (tertiary alicyclic amines) is 1. The highest BCUT2D eigenvalue weighted by Gasteiger charge is 2.35. The van der Waals surface area contributed by atoms with Crippen molar-refractivity contribution in [2.24, 2.45) is 0 Å². The van der Waals surface area contributed by atoms with Gasteiger partial charge in [-0.1, -0.05) is 19.3 Å². The quantitative estimate of drug-likeness (QED) is 0.690. The molecule has 0 aromatic rings. The minimum Gasteiger partial charge on any atom is -0.352 e. The van der Waals surface area contributed by atoms with Gasteiger partial charge in [-0.2, -0.15) is 0 Å². The monoisotopic (exact) mass is 267 g/mol. The second-order valence-electron chi connectivity index (χ2n) is 5.33. The molecule has 2 N–H and O–H groups in total. The third kappa shape index (κ3) is 3.53. The van der Waals surface area contributed by atoms with E-state index in [-0.39, 0.29) is 36.7 Å². The minimum absolute atomic E-state index is 0.0913. The third-order valence-electron chi connectivity index (χ3n) is 3.86. The Bertz CT molecular complexity index is 377. The van der Waals surface area contributed by atoms with Gasteiger partial charge in [-0.3, -0.25) is 24.6 Å². The second-order valence-corrected chi connectivity index (χ2v) is 5.33. The highest BCUT2D eigenvalue weighted by atomic mass is 16.2. The molecule has 106 valence electrons. The van der Waals surface area contributed by atoms with Crippen LogP contribution in [0, 0.1) is 0 Å². The highest BCUT2D eigenvalue weighted by Crippen LogP contribution is 2.17. The number of carbonyl (C=O) groups is 3. The molecular formula is C13H21N3O3. The molecule has 1 atom stereocenters. The lowest BCUT2D eigenvalue weighted by atomic mass is 9.95. The molecule has 2 aliphatic rings. The molecule has 0 aromatic heterocycles. The summed E-state index contributed by atoms with van der Waals surface area (Å²) in [6.07, 6.45) is 5.80. The summed E-state index contributed by atoms with van der Waals surface area (Å²) in [7, 11) is 1.47. The first kappa shape index (κ1) is 14.0. The number of likely N-dealkylation sites (N-methyl/N-ethyl adjacent to an activating group) is 1. The van der Waals surface area contributed by atoms with Gasteiger partial charge in [0.2, 0.25) is 17.7 Å².